The highest BCUT2D eigenvalue weighted by Gasteiger charge is 2.02. The summed E-state index contributed by atoms with van der Waals surface area (Å²) < 4.78 is 13.3. The van der Waals surface area contributed by atoms with Gasteiger partial charge in [-0.05, 0) is 11.6 Å². The lowest BCUT2D eigenvalue weighted by molar-refractivity contribution is -0.121. The molecule has 2 N–H and O–H groups in total. The summed E-state index contributed by atoms with van der Waals surface area (Å²) in [6, 6.07) is 6.68. The molecule has 0 spiro atoms. The van der Waals surface area contributed by atoms with Gasteiger partial charge in [-0.3, -0.25) is 9.59 Å². The van der Waals surface area contributed by atoms with Crippen molar-refractivity contribution in [3.05, 3.63) is 35.6 Å². The third-order valence-electron chi connectivity index (χ3n) is 2.51. The van der Waals surface area contributed by atoms with E-state index in [0.29, 0.717) is 24.4 Å². The third-order valence-corrected chi connectivity index (χ3v) is 3.52. The van der Waals surface area contributed by atoms with Crippen LogP contribution in [-0.2, 0) is 15.3 Å². The predicted molar refractivity (Wildman–Crippen MR) is 78.9 cm³/mol. The van der Waals surface area contributed by atoms with E-state index in [4.69, 9.17) is 0 Å². The summed E-state index contributed by atoms with van der Waals surface area (Å²) in [5.41, 5.74) is 0.675. The Bertz CT molecular complexity index is 455. The number of carbonyl (C=O) groups is 2. The summed E-state index contributed by atoms with van der Waals surface area (Å²) in [4.78, 5) is 22.0. The van der Waals surface area contributed by atoms with Gasteiger partial charge in [0.05, 0.1) is 0 Å². The van der Waals surface area contributed by atoms with Gasteiger partial charge in [0, 0.05) is 37.9 Å². The second-order valence-corrected chi connectivity index (χ2v) is 5.33. The molecule has 2 amide bonds. The average molecular weight is 298 g/mol. The van der Waals surface area contributed by atoms with Crippen molar-refractivity contribution in [1.29, 1.82) is 0 Å². The van der Waals surface area contributed by atoms with Crippen LogP contribution in [0.3, 0.4) is 0 Å². The fraction of sp³-hybridized carbons (Fsp3) is 0.429. The summed E-state index contributed by atoms with van der Waals surface area (Å²) in [6.07, 6.45) is 0.275. The lowest BCUT2D eigenvalue weighted by atomic mass is 10.2. The number of nitrogens with one attached hydrogen (secondary N) is 2. The quantitative estimate of drug-likeness (QED) is 0.718. The van der Waals surface area contributed by atoms with E-state index in [1.165, 1.54) is 13.0 Å². The number of benzene rings is 1. The zero-order valence-electron chi connectivity index (χ0n) is 11.4. The molecule has 0 saturated heterocycles. The molecule has 110 valence electrons. The van der Waals surface area contributed by atoms with E-state index in [1.807, 2.05) is 6.07 Å². The molecule has 1 rings (SSSR count). The SMILES string of the molecule is CC(=O)NCCC(=O)NCCSCc1ccccc1F. The highest BCUT2D eigenvalue weighted by Crippen LogP contribution is 2.14. The minimum Gasteiger partial charge on any atom is -0.356 e. The molecule has 0 aromatic heterocycles. The standard InChI is InChI=1S/C14H19FN2O2S/c1-11(18)16-7-6-14(19)17-8-9-20-10-12-4-2-3-5-13(12)15/h2-5H,6-10H2,1H3,(H,16,18)(H,17,19). The normalized spacial score (nSPS) is 10.1. The molecule has 0 unspecified atom stereocenters. The fourth-order valence-corrected chi connectivity index (χ4v) is 2.35. The summed E-state index contributed by atoms with van der Waals surface area (Å²) in [7, 11) is 0. The van der Waals surface area contributed by atoms with E-state index in [9.17, 15) is 14.0 Å². The van der Waals surface area contributed by atoms with Gasteiger partial charge in [0.25, 0.3) is 0 Å². The Hall–Kier alpha value is -1.56. The maximum Gasteiger partial charge on any atom is 0.221 e. The molecule has 6 heteroatoms. The molecular weight excluding hydrogens is 279 g/mol. The van der Waals surface area contributed by atoms with Crippen LogP contribution < -0.4 is 10.6 Å². The molecule has 0 aliphatic carbocycles. The molecule has 1 aromatic rings. The number of halogens is 1. The zero-order valence-corrected chi connectivity index (χ0v) is 12.3. The number of hydrogen-bond donors (Lipinski definition) is 2. The summed E-state index contributed by atoms with van der Waals surface area (Å²) in [6.45, 7) is 2.30. The van der Waals surface area contributed by atoms with Gasteiger partial charge in [0.1, 0.15) is 5.82 Å². The van der Waals surface area contributed by atoms with Crippen molar-refractivity contribution in [3.63, 3.8) is 0 Å². The molecule has 20 heavy (non-hydrogen) atoms. The van der Waals surface area contributed by atoms with Gasteiger partial charge in [0.2, 0.25) is 11.8 Å². The number of hydrogen-bond acceptors (Lipinski definition) is 3. The van der Waals surface area contributed by atoms with Gasteiger partial charge in [-0.1, -0.05) is 18.2 Å². The van der Waals surface area contributed by atoms with E-state index in [-0.39, 0.29) is 24.1 Å². The Labute approximate surface area is 122 Å². The Morgan fingerprint density at radius 2 is 1.95 bits per heavy atom. The van der Waals surface area contributed by atoms with E-state index in [1.54, 1.807) is 23.9 Å². The first-order valence-electron chi connectivity index (χ1n) is 6.42. The Morgan fingerprint density at radius 3 is 2.65 bits per heavy atom. The maximum absolute atomic E-state index is 13.3. The van der Waals surface area contributed by atoms with E-state index in [2.05, 4.69) is 10.6 Å². The van der Waals surface area contributed by atoms with Crippen molar-refractivity contribution < 1.29 is 14.0 Å². The first-order valence-corrected chi connectivity index (χ1v) is 7.57. The summed E-state index contributed by atoms with van der Waals surface area (Å²) in [5, 5.41) is 5.31. The van der Waals surface area contributed by atoms with Crippen LogP contribution in [0.2, 0.25) is 0 Å². The van der Waals surface area contributed by atoms with Crippen molar-refractivity contribution >= 4 is 23.6 Å². The van der Waals surface area contributed by atoms with Crippen LogP contribution in [0.1, 0.15) is 18.9 Å². The van der Waals surface area contributed by atoms with Gasteiger partial charge in [0.15, 0.2) is 0 Å². The van der Waals surface area contributed by atoms with Crippen LogP contribution in [0.5, 0.6) is 0 Å². The van der Waals surface area contributed by atoms with Gasteiger partial charge >= 0.3 is 0 Å². The van der Waals surface area contributed by atoms with Crippen molar-refractivity contribution in [2.45, 2.75) is 19.1 Å². The number of amides is 2. The molecule has 0 aliphatic heterocycles. The minimum absolute atomic E-state index is 0.0924. The first kappa shape index (κ1) is 16.5. The molecule has 0 fully saturated rings. The maximum atomic E-state index is 13.3. The van der Waals surface area contributed by atoms with Crippen LogP contribution in [0.15, 0.2) is 24.3 Å². The topological polar surface area (TPSA) is 58.2 Å². The van der Waals surface area contributed by atoms with Crippen LogP contribution in [0.4, 0.5) is 4.39 Å². The van der Waals surface area contributed by atoms with Gasteiger partial charge in [-0.25, -0.2) is 4.39 Å². The molecule has 0 heterocycles. The van der Waals surface area contributed by atoms with Gasteiger partial charge < -0.3 is 10.6 Å². The minimum atomic E-state index is -0.195. The molecule has 0 bridgehead atoms. The van der Waals surface area contributed by atoms with Gasteiger partial charge in [-0.2, -0.15) is 11.8 Å². The monoisotopic (exact) mass is 298 g/mol. The Morgan fingerprint density at radius 1 is 1.20 bits per heavy atom. The van der Waals surface area contributed by atoms with E-state index in [0.717, 1.165) is 5.75 Å². The third kappa shape index (κ3) is 7.13. The van der Waals surface area contributed by atoms with Crippen molar-refractivity contribution in [2.75, 3.05) is 18.8 Å². The largest absolute Gasteiger partial charge is 0.356 e. The average Bonchev–Trinajstić information content (AvgIpc) is 2.40. The molecule has 4 nitrogen and oxygen atoms in total. The zero-order chi connectivity index (χ0) is 14.8. The van der Waals surface area contributed by atoms with E-state index >= 15 is 0 Å². The van der Waals surface area contributed by atoms with E-state index < -0.39 is 0 Å². The molecule has 0 radical (unpaired) electrons. The highest BCUT2D eigenvalue weighted by molar-refractivity contribution is 7.98. The molecule has 0 aliphatic rings. The van der Waals surface area contributed by atoms with Crippen molar-refractivity contribution in [2.24, 2.45) is 0 Å². The smallest absolute Gasteiger partial charge is 0.221 e. The molecule has 0 atom stereocenters. The number of thioether (sulfide) groups is 1. The first-order chi connectivity index (χ1) is 9.59. The second-order valence-electron chi connectivity index (χ2n) is 4.23. The van der Waals surface area contributed by atoms with Crippen LogP contribution >= 0.6 is 11.8 Å². The molecular formula is C14H19FN2O2S. The van der Waals surface area contributed by atoms with Gasteiger partial charge in [-0.15, -0.1) is 0 Å². The number of carbonyl (C=O) groups excluding carboxylic acids is 2. The number of rotatable bonds is 8. The van der Waals surface area contributed by atoms with Crippen molar-refractivity contribution in [3.8, 4) is 0 Å². The van der Waals surface area contributed by atoms with Crippen molar-refractivity contribution in [1.82, 2.24) is 10.6 Å². The molecule has 0 saturated carbocycles. The Balaban J connectivity index is 2.06. The molecule has 1 aromatic carbocycles. The summed E-state index contributed by atoms with van der Waals surface area (Å²) in [5.74, 6) is 0.886. The fourth-order valence-electron chi connectivity index (χ4n) is 1.50. The second kappa shape index (κ2) is 9.36. The highest BCUT2D eigenvalue weighted by atomic mass is 32.2. The van der Waals surface area contributed by atoms with Crippen LogP contribution in [0, 0.1) is 5.82 Å². The Kier molecular flexibility index (Phi) is 7.72. The predicted octanol–water partition coefficient (Wildman–Crippen LogP) is 1.70. The van der Waals surface area contributed by atoms with Crippen LogP contribution in [-0.4, -0.2) is 30.7 Å². The lowest BCUT2D eigenvalue weighted by Crippen LogP contribution is -2.30. The lowest BCUT2D eigenvalue weighted by Gasteiger charge is -2.06. The summed E-state index contributed by atoms with van der Waals surface area (Å²) >= 11 is 1.57. The van der Waals surface area contributed by atoms with Crippen LogP contribution in [0.25, 0.3) is 0 Å².